The Morgan fingerprint density at radius 3 is 2.28 bits per heavy atom. The minimum absolute atomic E-state index is 0. The number of halogens is 1. The number of rotatable bonds is 6. The Balaban J connectivity index is 0.00000300. The smallest absolute Gasteiger partial charge is 0.193 e. The average molecular weight is 511 g/mol. The molecule has 0 amide bonds. The molecule has 0 aromatic heterocycles. The van der Waals surface area contributed by atoms with Crippen LogP contribution < -0.4 is 19.5 Å². The standard InChI is InChI=1S/C22H29N3O3.HI/c1-23-22(25-11-10-17(15-25)16-8-6-5-7-9-16)24-14-19-20(27-3)12-18(26-2)13-21(19)28-4;/h5-9,12-13,17H,10-11,14-15H2,1-4H3,(H,23,24);1H. The molecule has 1 aliphatic rings. The molecule has 1 N–H and O–H groups in total. The summed E-state index contributed by atoms with van der Waals surface area (Å²) in [7, 11) is 6.75. The van der Waals surface area contributed by atoms with Crippen LogP contribution in [0.4, 0.5) is 0 Å². The van der Waals surface area contributed by atoms with Crippen LogP contribution in [0.1, 0.15) is 23.5 Å². The molecule has 3 rings (SSSR count). The Kier molecular flexibility index (Phi) is 8.88. The summed E-state index contributed by atoms with van der Waals surface area (Å²) >= 11 is 0. The third kappa shape index (κ3) is 5.46. The number of guanidine groups is 1. The lowest BCUT2D eigenvalue weighted by Crippen LogP contribution is -2.39. The van der Waals surface area contributed by atoms with Gasteiger partial charge in [-0.15, -0.1) is 24.0 Å². The van der Waals surface area contributed by atoms with Crippen LogP contribution in [0.3, 0.4) is 0 Å². The van der Waals surface area contributed by atoms with E-state index < -0.39 is 0 Å². The van der Waals surface area contributed by atoms with Gasteiger partial charge in [0, 0.05) is 38.2 Å². The summed E-state index contributed by atoms with van der Waals surface area (Å²) < 4.78 is 16.4. The minimum Gasteiger partial charge on any atom is -0.496 e. The van der Waals surface area contributed by atoms with E-state index in [-0.39, 0.29) is 24.0 Å². The maximum Gasteiger partial charge on any atom is 0.193 e. The van der Waals surface area contributed by atoms with E-state index >= 15 is 0 Å². The quantitative estimate of drug-likeness (QED) is 0.363. The van der Waals surface area contributed by atoms with Gasteiger partial charge in [-0.3, -0.25) is 4.99 Å². The van der Waals surface area contributed by atoms with Gasteiger partial charge >= 0.3 is 0 Å². The van der Waals surface area contributed by atoms with Crippen molar-refractivity contribution in [3.8, 4) is 17.2 Å². The number of hydrogen-bond acceptors (Lipinski definition) is 4. The summed E-state index contributed by atoms with van der Waals surface area (Å²) in [4.78, 5) is 6.79. The first-order valence-corrected chi connectivity index (χ1v) is 9.49. The summed E-state index contributed by atoms with van der Waals surface area (Å²) in [6.07, 6.45) is 1.12. The van der Waals surface area contributed by atoms with E-state index in [1.807, 2.05) is 19.2 Å². The number of hydrogen-bond donors (Lipinski definition) is 1. The molecule has 1 fully saturated rings. The van der Waals surface area contributed by atoms with E-state index in [2.05, 4.69) is 45.5 Å². The van der Waals surface area contributed by atoms with Crippen LogP contribution in [0.15, 0.2) is 47.5 Å². The predicted octanol–water partition coefficient (Wildman–Crippen LogP) is 3.90. The summed E-state index contributed by atoms with van der Waals surface area (Å²) in [5, 5.41) is 3.46. The van der Waals surface area contributed by atoms with Crippen LogP contribution in [0, 0.1) is 0 Å². The van der Waals surface area contributed by atoms with Gasteiger partial charge < -0.3 is 24.4 Å². The first-order valence-electron chi connectivity index (χ1n) is 9.49. The molecule has 2 aromatic rings. The minimum atomic E-state index is 0. The van der Waals surface area contributed by atoms with Crippen LogP contribution in [-0.4, -0.2) is 52.3 Å². The third-order valence-electron chi connectivity index (χ3n) is 5.21. The van der Waals surface area contributed by atoms with Gasteiger partial charge in [0.25, 0.3) is 0 Å². The fourth-order valence-electron chi connectivity index (χ4n) is 3.70. The maximum absolute atomic E-state index is 5.54. The lowest BCUT2D eigenvalue weighted by molar-refractivity contribution is 0.367. The summed E-state index contributed by atoms with van der Waals surface area (Å²) in [5.41, 5.74) is 2.32. The highest BCUT2D eigenvalue weighted by molar-refractivity contribution is 14.0. The molecule has 1 aliphatic heterocycles. The number of likely N-dealkylation sites (tertiary alicyclic amines) is 1. The van der Waals surface area contributed by atoms with Crippen LogP contribution in [0.5, 0.6) is 17.2 Å². The van der Waals surface area contributed by atoms with Gasteiger partial charge in [-0.2, -0.15) is 0 Å². The van der Waals surface area contributed by atoms with Gasteiger partial charge in [0.1, 0.15) is 17.2 Å². The zero-order valence-corrected chi connectivity index (χ0v) is 19.8. The Bertz CT molecular complexity index is 789. The summed E-state index contributed by atoms with van der Waals surface area (Å²) in [6.45, 7) is 2.49. The van der Waals surface area contributed by atoms with E-state index in [4.69, 9.17) is 14.2 Å². The van der Waals surface area contributed by atoms with Gasteiger partial charge in [0.15, 0.2) is 5.96 Å². The second-order valence-electron chi connectivity index (χ2n) is 6.75. The number of benzene rings is 2. The molecule has 6 nitrogen and oxygen atoms in total. The largest absolute Gasteiger partial charge is 0.496 e. The summed E-state index contributed by atoms with van der Waals surface area (Å²) in [5.74, 6) is 3.57. The lowest BCUT2D eigenvalue weighted by Gasteiger charge is -2.23. The molecule has 1 saturated heterocycles. The predicted molar refractivity (Wildman–Crippen MR) is 127 cm³/mol. The molecule has 0 spiro atoms. The molecule has 158 valence electrons. The van der Waals surface area contributed by atoms with Gasteiger partial charge in [-0.25, -0.2) is 0 Å². The molecule has 0 radical (unpaired) electrons. The fraction of sp³-hybridized carbons (Fsp3) is 0.409. The van der Waals surface area contributed by atoms with Gasteiger partial charge in [0.05, 0.1) is 33.4 Å². The van der Waals surface area contributed by atoms with Crippen molar-refractivity contribution in [3.05, 3.63) is 53.6 Å². The molecule has 0 bridgehead atoms. The molecule has 1 heterocycles. The number of methoxy groups -OCH3 is 3. The van der Waals surface area contributed by atoms with Gasteiger partial charge in [0.2, 0.25) is 0 Å². The van der Waals surface area contributed by atoms with Crippen molar-refractivity contribution in [1.29, 1.82) is 0 Å². The molecule has 7 heteroatoms. The van der Waals surface area contributed by atoms with E-state index in [9.17, 15) is 0 Å². The monoisotopic (exact) mass is 511 g/mol. The van der Waals surface area contributed by atoms with Crippen LogP contribution in [-0.2, 0) is 6.54 Å². The Morgan fingerprint density at radius 1 is 1.07 bits per heavy atom. The molecule has 2 aromatic carbocycles. The number of ether oxygens (including phenoxy) is 3. The van der Waals surface area contributed by atoms with Crippen molar-refractivity contribution >= 4 is 29.9 Å². The maximum atomic E-state index is 5.54. The van der Waals surface area contributed by atoms with E-state index in [1.54, 1.807) is 21.3 Å². The summed E-state index contributed by atoms with van der Waals surface area (Å²) in [6, 6.07) is 14.4. The molecular formula is C22H30IN3O3. The fourth-order valence-corrected chi connectivity index (χ4v) is 3.70. The molecular weight excluding hydrogens is 481 g/mol. The number of aliphatic imine (C=N–C) groups is 1. The zero-order valence-electron chi connectivity index (χ0n) is 17.5. The second kappa shape index (κ2) is 11.1. The zero-order chi connectivity index (χ0) is 19.9. The van der Waals surface area contributed by atoms with Crippen LogP contribution >= 0.6 is 24.0 Å². The molecule has 0 aliphatic carbocycles. The first kappa shape index (κ1) is 23.1. The normalized spacial score (nSPS) is 16.2. The van der Waals surface area contributed by atoms with Crippen LogP contribution in [0.2, 0.25) is 0 Å². The SMILES string of the molecule is CN=C(NCc1c(OC)cc(OC)cc1OC)N1CCC(c2ccccc2)C1.I. The Hall–Kier alpha value is -2.16. The van der Waals surface area contributed by atoms with E-state index in [1.165, 1.54) is 5.56 Å². The van der Waals surface area contributed by atoms with E-state index in [0.29, 0.717) is 18.2 Å². The Morgan fingerprint density at radius 2 is 1.72 bits per heavy atom. The number of nitrogens with one attached hydrogen (secondary N) is 1. The van der Waals surface area contributed by atoms with Crippen molar-refractivity contribution in [2.24, 2.45) is 4.99 Å². The third-order valence-corrected chi connectivity index (χ3v) is 5.21. The first-order chi connectivity index (χ1) is 13.7. The van der Waals surface area contributed by atoms with Crippen molar-refractivity contribution in [3.63, 3.8) is 0 Å². The van der Waals surface area contributed by atoms with Crippen LogP contribution in [0.25, 0.3) is 0 Å². The highest BCUT2D eigenvalue weighted by Crippen LogP contribution is 2.34. The van der Waals surface area contributed by atoms with Crippen molar-refractivity contribution < 1.29 is 14.2 Å². The van der Waals surface area contributed by atoms with E-state index in [0.717, 1.165) is 42.5 Å². The van der Waals surface area contributed by atoms with Crippen molar-refractivity contribution in [2.45, 2.75) is 18.9 Å². The highest BCUT2D eigenvalue weighted by atomic mass is 127. The Labute approximate surface area is 190 Å². The number of nitrogens with zero attached hydrogens (tertiary/aromatic N) is 2. The average Bonchev–Trinajstić information content (AvgIpc) is 3.24. The molecule has 1 unspecified atom stereocenters. The van der Waals surface area contributed by atoms with Crippen molar-refractivity contribution in [2.75, 3.05) is 41.5 Å². The molecule has 0 saturated carbocycles. The molecule has 29 heavy (non-hydrogen) atoms. The lowest BCUT2D eigenvalue weighted by atomic mass is 9.99. The second-order valence-corrected chi connectivity index (χ2v) is 6.75. The topological polar surface area (TPSA) is 55.3 Å². The van der Waals surface area contributed by atoms with Gasteiger partial charge in [-0.1, -0.05) is 30.3 Å². The van der Waals surface area contributed by atoms with Gasteiger partial charge in [-0.05, 0) is 12.0 Å². The van der Waals surface area contributed by atoms with Crippen molar-refractivity contribution in [1.82, 2.24) is 10.2 Å². The molecule has 1 atom stereocenters. The highest BCUT2D eigenvalue weighted by Gasteiger charge is 2.26.